The number of carbonyl (C=O) groups excluding carboxylic acids is 1. The highest BCUT2D eigenvalue weighted by atomic mass is 16.1. The van der Waals surface area contributed by atoms with Crippen LogP contribution < -0.4 is 5.32 Å². The first-order chi connectivity index (χ1) is 9.84. The van der Waals surface area contributed by atoms with Crippen molar-refractivity contribution >= 4 is 5.91 Å². The van der Waals surface area contributed by atoms with E-state index in [9.17, 15) is 4.79 Å². The van der Waals surface area contributed by atoms with Gasteiger partial charge >= 0.3 is 0 Å². The van der Waals surface area contributed by atoms with Gasteiger partial charge in [-0.25, -0.2) is 0 Å². The standard InChI is InChI=1S/C17H24N2O/c20-17(10-5-9-15-6-1-2-7-15)19-12-4-3-8-16-11-13-18-14-16/h1-2,6,11,13-14,18H,3-5,7-10,12H2,(H,19,20). The molecule has 0 radical (unpaired) electrons. The Kier molecular flexibility index (Phi) is 6.15. The van der Waals surface area contributed by atoms with E-state index in [-0.39, 0.29) is 5.91 Å². The highest BCUT2D eigenvalue weighted by Gasteiger charge is 2.03. The number of aromatic nitrogens is 1. The molecule has 0 atom stereocenters. The molecule has 0 spiro atoms. The molecule has 0 unspecified atom stereocenters. The van der Waals surface area contributed by atoms with Gasteiger partial charge in [0.05, 0.1) is 0 Å². The van der Waals surface area contributed by atoms with Gasteiger partial charge in [0.15, 0.2) is 0 Å². The number of amides is 1. The van der Waals surface area contributed by atoms with E-state index in [0.717, 1.165) is 45.1 Å². The van der Waals surface area contributed by atoms with Gasteiger partial charge in [-0.3, -0.25) is 4.79 Å². The number of H-pyrrole nitrogens is 1. The number of carbonyl (C=O) groups is 1. The van der Waals surface area contributed by atoms with Crippen molar-refractivity contribution in [3.63, 3.8) is 0 Å². The Morgan fingerprint density at radius 1 is 1.25 bits per heavy atom. The molecular weight excluding hydrogens is 248 g/mol. The van der Waals surface area contributed by atoms with Crippen molar-refractivity contribution in [3.8, 4) is 0 Å². The normalized spacial score (nSPS) is 13.5. The molecule has 1 aromatic rings. The van der Waals surface area contributed by atoms with Crippen LogP contribution in [0, 0.1) is 0 Å². The van der Waals surface area contributed by atoms with E-state index in [0.29, 0.717) is 6.42 Å². The Bertz CT molecular complexity index is 457. The average molecular weight is 272 g/mol. The van der Waals surface area contributed by atoms with Crippen molar-refractivity contribution in [2.24, 2.45) is 0 Å². The molecule has 0 fully saturated rings. The largest absolute Gasteiger partial charge is 0.367 e. The summed E-state index contributed by atoms with van der Waals surface area (Å²) in [7, 11) is 0. The van der Waals surface area contributed by atoms with Gasteiger partial charge in [-0.05, 0) is 50.2 Å². The molecule has 20 heavy (non-hydrogen) atoms. The zero-order valence-corrected chi connectivity index (χ0v) is 12.0. The van der Waals surface area contributed by atoms with E-state index in [1.807, 2.05) is 12.4 Å². The Hall–Kier alpha value is -1.77. The van der Waals surface area contributed by atoms with Gasteiger partial charge < -0.3 is 10.3 Å². The van der Waals surface area contributed by atoms with Gasteiger partial charge in [0.2, 0.25) is 5.91 Å². The molecular formula is C17H24N2O. The van der Waals surface area contributed by atoms with Crippen LogP contribution in [0.25, 0.3) is 0 Å². The molecule has 2 N–H and O–H groups in total. The van der Waals surface area contributed by atoms with Crippen LogP contribution in [-0.2, 0) is 11.2 Å². The Morgan fingerprint density at radius 3 is 2.95 bits per heavy atom. The highest BCUT2D eigenvalue weighted by molar-refractivity contribution is 5.75. The predicted molar refractivity (Wildman–Crippen MR) is 82.4 cm³/mol. The topological polar surface area (TPSA) is 44.9 Å². The van der Waals surface area contributed by atoms with Gasteiger partial charge in [-0.1, -0.05) is 23.8 Å². The van der Waals surface area contributed by atoms with E-state index in [1.165, 1.54) is 11.1 Å². The van der Waals surface area contributed by atoms with Gasteiger partial charge in [-0.15, -0.1) is 0 Å². The summed E-state index contributed by atoms with van der Waals surface area (Å²) < 4.78 is 0. The second-order valence-electron chi connectivity index (χ2n) is 5.34. The molecule has 1 amide bonds. The predicted octanol–water partition coefficient (Wildman–Crippen LogP) is 3.51. The minimum absolute atomic E-state index is 0.193. The lowest BCUT2D eigenvalue weighted by atomic mass is 10.1. The third-order valence-corrected chi connectivity index (χ3v) is 3.63. The van der Waals surface area contributed by atoms with Crippen LogP contribution in [0.5, 0.6) is 0 Å². The molecule has 3 heteroatoms. The molecule has 1 aliphatic carbocycles. The van der Waals surface area contributed by atoms with Crippen LogP contribution in [0.1, 0.15) is 44.1 Å². The van der Waals surface area contributed by atoms with E-state index >= 15 is 0 Å². The Labute approximate surface area is 121 Å². The maximum atomic E-state index is 11.7. The van der Waals surface area contributed by atoms with Gasteiger partial charge in [0.1, 0.15) is 0 Å². The third-order valence-electron chi connectivity index (χ3n) is 3.63. The summed E-state index contributed by atoms with van der Waals surface area (Å²) in [5.74, 6) is 0.193. The SMILES string of the molecule is O=C(CCCC1=CC=CC1)NCCCCc1cc[nH]c1. The van der Waals surface area contributed by atoms with Crippen molar-refractivity contribution in [1.82, 2.24) is 10.3 Å². The zero-order valence-electron chi connectivity index (χ0n) is 12.0. The first-order valence-electron chi connectivity index (χ1n) is 7.57. The highest BCUT2D eigenvalue weighted by Crippen LogP contribution is 2.16. The zero-order chi connectivity index (χ0) is 14.0. The number of rotatable bonds is 9. The van der Waals surface area contributed by atoms with E-state index in [1.54, 1.807) is 0 Å². The molecule has 0 saturated carbocycles. The van der Waals surface area contributed by atoms with Gasteiger partial charge in [0.25, 0.3) is 0 Å². The van der Waals surface area contributed by atoms with E-state index < -0.39 is 0 Å². The fourth-order valence-electron chi connectivity index (χ4n) is 2.44. The van der Waals surface area contributed by atoms with Crippen molar-refractivity contribution in [3.05, 3.63) is 47.8 Å². The quantitative estimate of drug-likeness (QED) is 0.664. The second kappa shape index (κ2) is 8.41. The van der Waals surface area contributed by atoms with Crippen LogP contribution in [-0.4, -0.2) is 17.4 Å². The summed E-state index contributed by atoms with van der Waals surface area (Å²) >= 11 is 0. The van der Waals surface area contributed by atoms with Gasteiger partial charge in [0, 0.05) is 25.4 Å². The van der Waals surface area contributed by atoms with Crippen molar-refractivity contribution < 1.29 is 4.79 Å². The number of aryl methyl sites for hydroxylation is 1. The van der Waals surface area contributed by atoms with Crippen molar-refractivity contribution in [2.45, 2.75) is 44.9 Å². The average Bonchev–Trinajstić information content (AvgIpc) is 3.11. The lowest BCUT2D eigenvalue weighted by Gasteiger charge is -2.05. The van der Waals surface area contributed by atoms with Gasteiger partial charge in [-0.2, -0.15) is 0 Å². The summed E-state index contributed by atoms with van der Waals surface area (Å²) in [6, 6.07) is 2.10. The number of aromatic amines is 1. The smallest absolute Gasteiger partial charge is 0.220 e. The lowest BCUT2D eigenvalue weighted by molar-refractivity contribution is -0.121. The van der Waals surface area contributed by atoms with Crippen LogP contribution >= 0.6 is 0 Å². The minimum Gasteiger partial charge on any atom is -0.367 e. The van der Waals surface area contributed by atoms with Crippen LogP contribution in [0.2, 0.25) is 0 Å². The number of hydrogen-bond acceptors (Lipinski definition) is 1. The molecule has 2 rings (SSSR count). The molecule has 1 aliphatic rings. The summed E-state index contributed by atoms with van der Waals surface area (Å²) in [6.45, 7) is 0.799. The summed E-state index contributed by atoms with van der Waals surface area (Å²) in [5.41, 5.74) is 2.79. The summed E-state index contributed by atoms with van der Waals surface area (Å²) in [5, 5.41) is 3.01. The first-order valence-corrected chi connectivity index (χ1v) is 7.57. The van der Waals surface area contributed by atoms with E-state index in [4.69, 9.17) is 0 Å². The molecule has 0 aromatic carbocycles. The molecule has 108 valence electrons. The Balaban J connectivity index is 1.43. The van der Waals surface area contributed by atoms with Crippen molar-refractivity contribution in [1.29, 1.82) is 0 Å². The second-order valence-corrected chi connectivity index (χ2v) is 5.34. The molecule has 0 saturated heterocycles. The fraction of sp³-hybridized carbons (Fsp3) is 0.471. The number of unbranched alkanes of at least 4 members (excludes halogenated alkanes) is 1. The lowest BCUT2D eigenvalue weighted by Crippen LogP contribution is -2.24. The first kappa shape index (κ1) is 14.6. The fourth-order valence-corrected chi connectivity index (χ4v) is 2.44. The monoisotopic (exact) mass is 272 g/mol. The molecule has 0 bridgehead atoms. The van der Waals surface area contributed by atoms with Crippen LogP contribution in [0.3, 0.4) is 0 Å². The molecule has 1 aromatic heterocycles. The van der Waals surface area contributed by atoms with Crippen LogP contribution in [0.15, 0.2) is 42.3 Å². The number of hydrogen-bond donors (Lipinski definition) is 2. The maximum absolute atomic E-state index is 11.7. The molecule has 3 nitrogen and oxygen atoms in total. The van der Waals surface area contributed by atoms with Crippen molar-refractivity contribution in [2.75, 3.05) is 6.54 Å². The molecule has 0 aliphatic heterocycles. The van der Waals surface area contributed by atoms with E-state index in [2.05, 4.69) is 34.6 Å². The molecule has 1 heterocycles. The summed E-state index contributed by atoms with van der Waals surface area (Å²) in [6.07, 6.45) is 17.4. The van der Waals surface area contributed by atoms with Crippen LogP contribution in [0.4, 0.5) is 0 Å². The Morgan fingerprint density at radius 2 is 2.20 bits per heavy atom. The number of allylic oxidation sites excluding steroid dienone is 4. The number of nitrogens with one attached hydrogen (secondary N) is 2. The third kappa shape index (κ3) is 5.47. The maximum Gasteiger partial charge on any atom is 0.220 e. The minimum atomic E-state index is 0.193. The summed E-state index contributed by atoms with van der Waals surface area (Å²) in [4.78, 5) is 14.7.